The smallest absolute Gasteiger partial charge is 0.328 e. The van der Waals surface area contributed by atoms with Crippen LogP contribution in [-0.4, -0.2) is 11.1 Å². The van der Waals surface area contributed by atoms with Crippen molar-refractivity contribution in [2.75, 3.05) is 0 Å². The molecular formula is C12H14O2. The molecule has 0 spiro atoms. The quantitative estimate of drug-likeness (QED) is 0.744. The van der Waals surface area contributed by atoms with Crippen LogP contribution in [0.3, 0.4) is 0 Å². The van der Waals surface area contributed by atoms with E-state index in [0.717, 1.165) is 17.6 Å². The summed E-state index contributed by atoms with van der Waals surface area (Å²) in [6.07, 6.45) is 2.23. The van der Waals surface area contributed by atoms with E-state index in [4.69, 9.17) is 5.11 Å². The van der Waals surface area contributed by atoms with Gasteiger partial charge in [0.2, 0.25) is 0 Å². The number of allylic oxidation sites excluding steroid dienone is 1. The topological polar surface area (TPSA) is 37.3 Å². The molecule has 0 bridgehead atoms. The van der Waals surface area contributed by atoms with E-state index < -0.39 is 5.97 Å². The summed E-state index contributed by atoms with van der Waals surface area (Å²) in [6, 6.07) is 7.95. The van der Waals surface area contributed by atoms with Gasteiger partial charge in [0, 0.05) is 6.08 Å². The molecule has 0 amide bonds. The third kappa shape index (κ3) is 2.73. The Kier molecular flexibility index (Phi) is 3.46. The molecule has 2 nitrogen and oxygen atoms in total. The normalized spacial score (nSPS) is 11.4. The van der Waals surface area contributed by atoms with Gasteiger partial charge in [-0.1, -0.05) is 31.2 Å². The fourth-order valence-corrected chi connectivity index (χ4v) is 1.27. The number of aliphatic carboxylic acids is 1. The fourth-order valence-electron chi connectivity index (χ4n) is 1.27. The molecule has 0 saturated heterocycles. The predicted molar refractivity (Wildman–Crippen MR) is 57.1 cm³/mol. The first-order valence-corrected chi connectivity index (χ1v) is 4.64. The van der Waals surface area contributed by atoms with E-state index in [2.05, 4.69) is 6.92 Å². The Morgan fingerprint density at radius 1 is 1.36 bits per heavy atom. The van der Waals surface area contributed by atoms with E-state index in [1.807, 2.05) is 24.3 Å². The number of carbonyl (C=O) groups is 1. The monoisotopic (exact) mass is 190 g/mol. The average Bonchev–Trinajstić information content (AvgIpc) is 2.17. The molecule has 0 heterocycles. The number of benzene rings is 1. The van der Waals surface area contributed by atoms with Gasteiger partial charge in [0.1, 0.15) is 0 Å². The van der Waals surface area contributed by atoms with Crippen molar-refractivity contribution in [2.45, 2.75) is 20.3 Å². The molecule has 2 heteroatoms. The maximum absolute atomic E-state index is 10.4. The lowest BCUT2D eigenvalue weighted by atomic mass is 10.0. The first-order chi connectivity index (χ1) is 6.63. The number of hydrogen-bond donors (Lipinski definition) is 1. The number of carboxylic acids is 1. The average molecular weight is 190 g/mol. The molecule has 1 aromatic rings. The lowest BCUT2D eigenvalue weighted by molar-refractivity contribution is -0.131. The lowest BCUT2D eigenvalue weighted by Crippen LogP contribution is -1.90. The highest BCUT2D eigenvalue weighted by atomic mass is 16.4. The summed E-state index contributed by atoms with van der Waals surface area (Å²) in [6.45, 7) is 3.89. The zero-order valence-electron chi connectivity index (χ0n) is 8.45. The number of hydrogen-bond acceptors (Lipinski definition) is 1. The lowest BCUT2D eigenvalue weighted by Gasteiger charge is -2.01. The van der Waals surface area contributed by atoms with Crippen LogP contribution < -0.4 is 0 Å². The molecule has 1 rings (SSSR count). The summed E-state index contributed by atoms with van der Waals surface area (Å²) >= 11 is 0. The van der Waals surface area contributed by atoms with Crippen molar-refractivity contribution in [1.29, 1.82) is 0 Å². The Morgan fingerprint density at radius 2 is 1.93 bits per heavy atom. The fraction of sp³-hybridized carbons (Fsp3) is 0.250. The van der Waals surface area contributed by atoms with Crippen LogP contribution in [0.4, 0.5) is 0 Å². The van der Waals surface area contributed by atoms with Gasteiger partial charge in [-0.05, 0) is 30.0 Å². The van der Waals surface area contributed by atoms with Crippen molar-refractivity contribution in [3.63, 3.8) is 0 Å². The van der Waals surface area contributed by atoms with Gasteiger partial charge in [-0.3, -0.25) is 0 Å². The summed E-state index contributed by atoms with van der Waals surface area (Å²) < 4.78 is 0. The summed E-state index contributed by atoms with van der Waals surface area (Å²) in [4.78, 5) is 10.4. The molecule has 1 N–H and O–H groups in total. The Morgan fingerprint density at radius 3 is 2.36 bits per heavy atom. The minimum Gasteiger partial charge on any atom is -0.478 e. The second kappa shape index (κ2) is 4.61. The maximum Gasteiger partial charge on any atom is 0.328 e. The van der Waals surface area contributed by atoms with Crippen molar-refractivity contribution in [2.24, 2.45) is 0 Å². The van der Waals surface area contributed by atoms with Crippen LogP contribution in [0.25, 0.3) is 5.57 Å². The molecule has 0 fully saturated rings. The molecule has 0 aliphatic carbocycles. The van der Waals surface area contributed by atoms with Crippen molar-refractivity contribution < 1.29 is 9.90 Å². The minimum absolute atomic E-state index is 0.778. The van der Waals surface area contributed by atoms with Crippen LogP contribution in [0.1, 0.15) is 25.0 Å². The van der Waals surface area contributed by atoms with Gasteiger partial charge >= 0.3 is 5.97 Å². The zero-order chi connectivity index (χ0) is 10.6. The Hall–Kier alpha value is -1.57. The minimum atomic E-state index is -0.901. The van der Waals surface area contributed by atoms with Gasteiger partial charge in [0.15, 0.2) is 0 Å². The van der Waals surface area contributed by atoms with Crippen molar-refractivity contribution in [1.82, 2.24) is 0 Å². The van der Waals surface area contributed by atoms with Crippen LogP contribution in [0.5, 0.6) is 0 Å². The van der Waals surface area contributed by atoms with Gasteiger partial charge in [0.25, 0.3) is 0 Å². The van der Waals surface area contributed by atoms with Crippen LogP contribution in [0.15, 0.2) is 30.3 Å². The van der Waals surface area contributed by atoms with Crippen molar-refractivity contribution in [3.05, 3.63) is 41.5 Å². The van der Waals surface area contributed by atoms with E-state index in [1.165, 1.54) is 11.6 Å². The molecule has 1 aromatic carbocycles. The first-order valence-electron chi connectivity index (χ1n) is 4.64. The van der Waals surface area contributed by atoms with Gasteiger partial charge < -0.3 is 5.11 Å². The van der Waals surface area contributed by atoms with Gasteiger partial charge in [-0.15, -0.1) is 0 Å². The van der Waals surface area contributed by atoms with Crippen molar-refractivity contribution >= 4 is 11.5 Å². The molecule has 0 aliphatic heterocycles. The van der Waals surface area contributed by atoms with Crippen molar-refractivity contribution in [3.8, 4) is 0 Å². The molecule has 74 valence electrons. The van der Waals surface area contributed by atoms with E-state index >= 15 is 0 Å². The summed E-state index contributed by atoms with van der Waals surface area (Å²) in [5.41, 5.74) is 3.00. The van der Waals surface area contributed by atoms with E-state index in [1.54, 1.807) is 6.92 Å². The Labute approximate surface area is 83.9 Å². The van der Waals surface area contributed by atoms with Crippen LogP contribution >= 0.6 is 0 Å². The Balaban J connectivity index is 2.92. The predicted octanol–water partition coefficient (Wildman–Crippen LogP) is 2.74. The highest BCUT2D eigenvalue weighted by Gasteiger charge is 1.98. The number of rotatable bonds is 3. The largest absolute Gasteiger partial charge is 0.478 e. The molecule has 0 unspecified atom stereocenters. The third-order valence-electron chi connectivity index (χ3n) is 2.16. The van der Waals surface area contributed by atoms with Crippen LogP contribution in [0, 0.1) is 0 Å². The summed E-state index contributed by atoms with van der Waals surface area (Å²) in [7, 11) is 0. The van der Waals surface area contributed by atoms with Gasteiger partial charge in [-0.25, -0.2) is 4.79 Å². The molecule has 0 aliphatic rings. The van der Waals surface area contributed by atoms with E-state index in [-0.39, 0.29) is 0 Å². The third-order valence-corrected chi connectivity index (χ3v) is 2.16. The summed E-state index contributed by atoms with van der Waals surface area (Å²) in [5.74, 6) is -0.901. The second-order valence-corrected chi connectivity index (χ2v) is 3.22. The maximum atomic E-state index is 10.4. The molecule has 14 heavy (non-hydrogen) atoms. The highest BCUT2D eigenvalue weighted by Crippen LogP contribution is 2.14. The van der Waals surface area contributed by atoms with Gasteiger partial charge in [0.05, 0.1) is 0 Å². The number of carboxylic acid groups (broad SMARTS) is 1. The highest BCUT2D eigenvalue weighted by molar-refractivity contribution is 5.89. The van der Waals surface area contributed by atoms with Gasteiger partial charge in [-0.2, -0.15) is 0 Å². The SMILES string of the molecule is CCc1ccc(C(C)=CC(=O)O)cc1. The first kappa shape index (κ1) is 10.5. The van der Waals surface area contributed by atoms with Crippen LogP contribution in [-0.2, 0) is 11.2 Å². The number of aryl methyl sites for hydroxylation is 1. The van der Waals surface area contributed by atoms with E-state index in [9.17, 15) is 4.79 Å². The van der Waals surface area contributed by atoms with E-state index in [0.29, 0.717) is 0 Å². The molecular weight excluding hydrogens is 176 g/mol. The molecule has 0 atom stereocenters. The van der Waals surface area contributed by atoms with Crippen LogP contribution in [0.2, 0.25) is 0 Å². The Bertz CT molecular complexity index is 347. The molecule has 0 aromatic heterocycles. The molecule has 0 radical (unpaired) electrons. The second-order valence-electron chi connectivity index (χ2n) is 3.22. The molecule has 0 saturated carbocycles. The standard InChI is InChI=1S/C12H14O2/c1-3-10-4-6-11(7-5-10)9(2)8-12(13)14/h4-8H,3H2,1-2H3,(H,13,14). The summed E-state index contributed by atoms with van der Waals surface area (Å²) in [5, 5.41) is 8.57. The zero-order valence-corrected chi connectivity index (χ0v) is 8.45.